The summed E-state index contributed by atoms with van der Waals surface area (Å²) in [6.07, 6.45) is 2.62. The van der Waals surface area contributed by atoms with Gasteiger partial charge in [-0.3, -0.25) is 4.90 Å². The van der Waals surface area contributed by atoms with Gasteiger partial charge in [-0.05, 0) is 19.5 Å². The lowest BCUT2D eigenvalue weighted by atomic mass is 10.2. The standard InChI is InChI=1S/C9H16N2O2/c1-10(2)9(12)13-8-5-4-6-11(3)7-8/h5H,4,6-7H2,1-3H3. The van der Waals surface area contributed by atoms with Crippen molar-refractivity contribution in [1.29, 1.82) is 0 Å². The second kappa shape index (κ2) is 4.28. The minimum atomic E-state index is -0.304. The molecule has 0 bridgehead atoms. The third-order valence-electron chi connectivity index (χ3n) is 1.89. The van der Waals surface area contributed by atoms with Gasteiger partial charge in [0.2, 0.25) is 0 Å². The molecule has 1 rings (SSSR count). The van der Waals surface area contributed by atoms with Crippen LogP contribution in [-0.2, 0) is 4.74 Å². The van der Waals surface area contributed by atoms with Crippen LogP contribution in [0.25, 0.3) is 0 Å². The molecule has 4 heteroatoms. The van der Waals surface area contributed by atoms with E-state index in [1.54, 1.807) is 14.1 Å². The largest absolute Gasteiger partial charge is 0.414 e. The molecule has 0 N–H and O–H groups in total. The maximum atomic E-state index is 11.2. The van der Waals surface area contributed by atoms with Gasteiger partial charge in [0.25, 0.3) is 0 Å². The van der Waals surface area contributed by atoms with Gasteiger partial charge in [-0.2, -0.15) is 0 Å². The van der Waals surface area contributed by atoms with Crippen molar-refractivity contribution in [3.8, 4) is 0 Å². The summed E-state index contributed by atoms with van der Waals surface area (Å²) in [5, 5.41) is 0. The van der Waals surface area contributed by atoms with Crippen LogP contribution in [0.5, 0.6) is 0 Å². The van der Waals surface area contributed by atoms with Crippen LogP contribution >= 0.6 is 0 Å². The van der Waals surface area contributed by atoms with Crippen molar-refractivity contribution in [2.75, 3.05) is 34.2 Å². The highest BCUT2D eigenvalue weighted by Crippen LogP contribution is 2.09. The zero-order valence-electron chi connectivity index (χ0n) is 8.41. The molecule has 0 fully saturated rings. The van der Waals surface area contributed by atoms with Gasteiger partial charge < -0.3 is 9.64 Å². The SMILES string of the molecule is CN1CCC=C(OC(=O)N(C)C)C1. The molecule has 0 saturated carbocycles. The van der Waals surface area contributed by atoms with Crippen molar-refractivity contribution < 1.29 is 9.53 Å². The Morgan fingerprint density at radius 2 is 2.31 bits per heavy atom. The molecule has 0 radical (unpaired) electrons. The minimum Gasteiger partial charge on any atom is -0.414 e. The molecule has 0 aromatic rings. The number of hydrogen-bond donors (Lipinski definition) is 0. The van der Waals surface area contributed by atoms with Gasteiger partial charge in [0, 0.05) is 20.6 Å². The quantitative estimate of drug-likeness (QED) is 0.607. The van der Waals surface area contributed by atoms with E-state index < -0.39 is 0 Å². The van der Waals surface area contributed by atoms with E-state index in [1.807, 2.05) is 13.1 Å². The summed E-state index contributed by atoms with van der Waals surface area (Å²) in [5.74, 6) is 0.757. The Morgan fingerprint density at radius 3 is 2.85 bits per heavy atom. The summed E-state index contributed by atoms with van der Waals surface area (Å²) < 4.78 is 5.13. The van der Waals surface area contributed by atoms with Gasteiger partial charge in [-0.1, -0.05) is 0 Å². The van der Waals surface area contributed by atoms with Gasteiger partial charge in [0.1, 0.15) is 5.76 Å². The summed E-state index contributed by atoms with van der Waals surface area (Å²) in [6.45, 7) is 1.75. The molecular formula is C9H16N2O2. The summed E-state index contributed by atoms with van der Waals surface area (Å²) >= 11 is 0. The fourth-order valence-corrected chi connectivity index (χ4v) is 1.13. The normalized spacial score (nSPS) is 17.9. The van der Waals surface area contributed by atoms with Crippen LogP contribution in [0.3, 0.4) is 0 Å². The molecule has 1 aliphatic heterocycles. The van der Waals surface area contributed by atoms with Crippen LogP contribution in [0, 0.1) is 0 Å². The van der Waals surface area contributed by atoms with E-state index in [0.29, 0.717) is 0 Å². The van der Waals surface area contributed by atoms with E-state index in [9.17, 15) is 4.79 Å². The predicted molar refractivity (Wildman–Crippen MR) is 50.4 cm³/mol. The Hall–Kier alpha value is -1.03. The van der Waals surface area contributed by atoms with E-state index in [-0.39, 0.29) is 6.09 Å². The highest BCUT2D eigenvalue weighted by Gasteiger charge is 2.13. The van der Waals surface area contributed by atoms with Crippen molar-refractivity contribution in [2.45, 2.75) is 6.42 Å². The van der Waals surface area contributed by atoms with Gasteiger partial charge in [-0.25, -0.2) is 4.79 Å². The number of carbonyl (C=O) groups excluding carboxylic acids is 1. The molecule has 0 atom stereocenters. The number of carbonyl (C=O) groups is 1. The smallest absolute Gasteiger partial charge is 0.414 e. The van der Waals surface area contributed by atoms with Crippen molar-refractivity contribution in [3.63, 3.8) is 0 Å². The zero-order chi connectivity index (χ0) is 9.84. The van der Waals surface area contributed by atoms with E-state index in [0.717, 1.165) is 25.3 Å². The summed E-state index contributed by atoms with van der Waals surface area (Å²) in [5.41, 5.74) is 0. The van der Waals surface area contributed by atoms with Crippen LogP contribution in [-0.4, -0.2) is 50.1 Å². The summed E-state index contributed by atoms with van der Waals surface area (Å²) in [4.78, 5) is 14.7. The maximum Gasteiger partial charge on any atom is 0.414 e. The van der Waals surface area contributed by atoms with Crippen LogP contribution < -0.4 is 0 Å². The van der Waals surface area contributed by atoms with Crippen LogP contribution in [0.4, 0.5) is 4.79 Å². The topological polar surface area (TPSA) is 32.8 Å². The molecule has 4 nitrogen and oxygen atoms in total. The second-order valence-corrected chi connectivity index (χ2v) is 3.46. The molecule has 0 unspecified atom stereocenters. The molecule has 0 aromatic carbocycles. The first kappa shape index (κ1) is 10.1. The van der Waals surface area contributed by atoms with Crippen LogP contribution in [0.15, 0.2) is 11.8 Å². The fourth-order valence-electron chi connectivity index (χ4n) is 1.13. The maximum absolute atomic E-state index is 11.2. The zero-order valence-corrected chi connectivity index (χ0v) is 8.41. The Bertz CT molecular complexity index is 224. The monoisotopic (exact) mass is 184 g/mol. The first-order valence-electron chi connectivity index (χ1n) is 4.36. The molecule has 0 aliphatic carbocycles. The molecule has 13 heavy (non-hydrogen) atoms. The van der Waals surface area contributed by atoms with Crippen molar-refractivity contribution >= 4 is 6.09 Å². The molecule has 1 heterocycles. The second-order valence-electron chi connectivity index (χ2n) is 3.46. The minimum absolute atomic E-state index is 0.304. The van der Waals surface area contributed by atoms with E-state index in [1.165, 1.54) is 4.90 Å². The molecule has 1 amide bonds. The molecule has 0 spiro atoms. The summed E-state index contributed by atoms with van der Waals surface area (Å²) in [6, 6.07) is 0. The molecule has 0 aromatic heterocycles. The lowest BCUT2D eigenvalue weighted by Crippen LogP contribution is -2.30. The lowest BCUT2D eigenvalue weighted by molar-refractivity contribution is 0.135. The number of ether oxygens (including phenoxy) is 1. The van der Waals surface area contributed by atoms with Crippen LogP contribution in [0.1, 0.15) is 6.42 Å². The lowest BCUT2D eigenvalue weighted by Gasteiger charge is -2.23. The Kier molecular flexibility index (Phi) is 3.31. The average Bonchev–Trinajstić information content (AvgIpc) is 2.04. The number of likely N-dealkylation sites (N-methyl/N-ethyl adjacent to an activating group) is 1. The van der Waals surface area contributed by atoms with E-state index in [2.05, 4.69) is 4.90 Å². The van der Waals surface area contributed by atoms with Gasteiger partial charge in [0.05, 0.1) is 6.54 Å². The first-order chi connectivity index (χ1) is 6.09. The van der Waals surface area contributed by atoms with Crippen LogP contribution in [0.2, 0.25) is 0 Å². The summed E-state index contributed by atoms with van der Waals surface area (Å²) in [7, 11) is 5.36. The third-order valence-corrected chi connectivity index (χ3v) is 1.89. The average molecular weight is 184 g/mol. The number of hydrogen-bond acceptors (Lipinski definition) is 3. The van der Waals surface area contributed by atoms with Gasteiger partial charge in [0.15, 0.2) is 0 Å². The predicted octanol–water partition coefficient (Wildman–Crippen LogP) is 0.904. The number of amides is 1. The Morgan fingerprint density at radius 1 is 1.62 bits per heavy atom. The Labute approximate surface area is 78.8 Å². The Balaban J connectivity index is 2.45. The first-order valence-corrected chi connectivity index (χ1v) is 4.36. The van der Waals surface area contributed by atoms with Crippen molar-refractivity contribution in [2.24, 2.45) is 0 Å². The fraction of sp³-hybridized carbons (Fsp3) is 0.667. The van der Waals surface area contributed by atoms with Crippen molar-refractivity contribution in [1.82, 2.24) is 9.80 Å². The van der Waals surface area contributed by atoms with Crippen molar-refractivity contribution in [3.05, 3.63) is 11.8 Å². The third kappa shape index (κ3) is 3.06. The number of nitrogens with zero attached hydrogens (tertiary/aromatic N) is 2. The van der Waals surface area contributed by atoms with E-state index >= 15 is 0 Å². The van der Waals surface area contributed by atoms with E-state index in [4.69, 9.17) is 4.74 Å². The molecule has 1 aliphatic rings. The molecular weight excluding hydrogens is 168 g/mol. The highest BCUT2D eigenvalue weighted by atomic mass is 16.6. The van der Waals surface area contributed by atoms with Gasteiger partial charge in [-0.15, -0.1) is 0 Å². The molecule has 74 valence electrons. The molecule has 0 saturated heterocycles. The van der Waals surface area contributed by atoms with Gasteiger partial charge >= 0.3 is 6.09 Å². The highest BCUT2D eigenvalue weighted by molar-refractivity contribution is 5.68. The number of rotatable bonds is 1.